The van der Waals surface area contributed by atoms with E-state index in [-0.39, 0.29) is 0 Å². The molecule has 0 aliphatic rings. The van der Waals surface area contributed by atoms with Crippen molar-refractivity contribution in [3.05, 3.63) is 64.4 Å². The number of hydrazine groups is 1. The second-order valence-corrected chi connectivity index (χ2v) is 5.72. The van der Waals surface area contributed by atoms with Gasteiger partial charge in [-0.25, -0.2) is 4.79 Å². The maximum Gasteiger partial charge on any atom is 0.331 e. The summed E-state index contributed by atoms with van der Waals surface area (Å²) in [6.45, 7) is 1.42. The van der Waals surface area contributed by atoms with Gasteiger partial charge in [-0.05, 0) is 36.6 Å². The summed E-state index contributed by atoms with van der Waals surface area (Å²) in [6, 6.07) is 12.1. The van der Waals surface area contributed by atoms with Gasteiger partial charge >= 0.3 is 5.97 Å². The van der Waals surface area contributed by atoms with E-state index in [1.807, 2.05) is 17.5 Å². The van der Waals surface area contributed by atoms with Gasteiger partial charge in [0.25, 0.3) is 11.8 Å². The summed E-state index contributed by atoms with van der Waals surface area (Å²) in [5, 5.41) is 1.89. The third-order valence-corrected chi connectivity index (χ3v) is 3.76. The molecule has 2 amide bonds. The molecule has 0 aliphatic heterocycles. The zero-order chi connectivity index (χ0) is 17.4. The van der Waals surface area contributed by atoms with Gasteiger partial charge in [0, 0.05) is 16.5 Å². The zero-order valence-electron chi connectivity index (χ0n) is 12.9. The monoisotopic (exact) mass is 344 g/mol. The highest BCUT2D eigenvalue weighted by Crippen LogP contribution is 2.10. The highest BCUT2D eigenvalue weighted by Gasteiger charge is 2.17. The van der Waals surface area contributed by atoms with Crippen molar-refractivity contribution in [2.75, 3.05) is 0 Å². The summed E-state index contributed by atoms with van der Waals surface area (Å²) in [5.41, 5.74) is 4.88. The summed E-state index contributed by atoms with van der Waals surface area (Å²) in [5.74, 6) is -1.72. The molecule has 1 heterocycles. The Morgan fingerprint density at radius 3 is 2.50 bits per heavy atom. The lowest BCUT2D eigenvalue weighted by Crippen LogP contribution is -2.46. The number of esters is 1. The number of nitrogens with one attached hydrogen (secondary N) is 2. The van der Waals surface area contributed by atoms with Gasteiger partial charge in [0.1, 0.15) is 0 Å². The van der Waals surface area contributed by atoms with E-state index in [9.17, 15) is 14.4 Å². The minimum Gasteiger partial charge on any atom is -0.449 e. The van der Waals surface area contributed by atoms with Crippen LogP contribution in [0.25, 0.3) is 6.08 Å². The van der Waals surface area contributed by atoms with Crippen molar-refractivity contribution in [2.24, 2.45) is 0 Å². The van der Waals surface area contributed by atoms with Crippen LogP contribution >= 0.6 is 11.3 Å². The Balaban J connectivity index is 1.77. The van der Waals surface area contributed by atoms with Crippen molar-refractivity contribution in [1.82, 2.24) is 10.9 Å². The van der Waals surface area contributed by atoms with Gasteiger partial charge in [0.2, 0.25) is 0 Å². The number of benzene rings is 1. The van der Waals surface area contributed by atoms with E-state index >= 15 is 0 Å². The highest BCUT2D eigenvalue weighted by molar-refractivity contribution is 7.10. The van der Waals surface area contributed by atoms with Crippen molar-refractivity contribution < 1.29 is 19.1 Å². The molecule has 0 fully saturated rings. The molecule has 0 spiro atoms. The first-order valence-electron chi connectivity index (χ1n) is 7.13. The topological polar surface area (TPSA) is 84.5 Å². The van der Waals surface area contributed by atoms with Gasteiger partial charge in [0.15, 0.2) is 6.10 Å². The summed E-state index contributed by atoms with van der Waals surface area (Å²) in [6.07, 6.45) is 1.81. The standard InChI is InChI=1S/C17H16N2O4S/c1-12(23-15(20)10-9-14-8-5-11-24-14)16(21)18-19-17(22)13-6-3-2-4-7-13/h2-12H,1H3,(H,18,21)(H,19,22)/b10-9+/t12-/m1/s1. The average molecular weight is 344 g/mol. The molecule has 0 unspecified atom stereocenters. The van der Waals surface area contributed by atoms with Gasteiger partial charge in [-0.2, -0.15) is 0 Å². The number of rotatable bonds is 5. The lowest BCUT2D eigenvalue weighted by Gasteiger charge is -2.13. The van der Waals surface area contributed by atoms with Crippen LogP contribution in [0, 0.1) is 0 Å². The quantitative estimate of drug-likeness (QED) is 0.494. The summed E-state index contributed by atoms with van der Waals surface area (Å²) >= 11 is 1.48. The maximum absolute atomic E-state index is 11.8. The molecule has 0 aliphatic carbocycles. The normalized spacial score (nSPS) is 11.7. The molecule has 0 bridgehead atoms. The van der Waals surface area contributed by atoms with Gasteiger partial charge in [-0.3, -0.25) is 20.4 Å². The van der Waals surface area contributed by atoms with Crippen LogP contribution in [0.15, 0.2) is 53.9 Å². The van der Waals surface area contributed by atoms with Gasteiger partial charge in [0.05, 0.1) is 0 Å². The van der Waals surface area contributed by atoms with Crippen molar-refractivity contribution in [2.45, 2.75) is 13.0 Å². The summed E-state index contributed by atoms with van der Waals surface area (Å²) < 4.78 is 4.96. The van der Waals surface area contributed by atoms with Crippen LogP contribution in [0.4, 0.5) is 0 Å². The second-order valence-electron chi connectivity index (χ2n) is 4.74. The van der Waals surface area contributed by atoms with Crippen LogP contribution in [0.5, 0.6) is 0 Å². The van der Waals surface area contributed by atoms with E-state index in [2.05, 4.69) is 10.9 Å². The minimum absolute atomic E-state index is 0.404. The molecule has 2 aromatic rings. The van der Waals surface area contributed by atoms with E-state index in [0.717, 1.165) is 4.88 Å². The van der Waals surface area contributed by atoms with Crippen molar-refractivity contribution in [1.29, 1.82) is 0 Å². The molecule has 124 valence electrons. The van der Waals surface area contributed by atoms with E-state index in [1.165, 1.54) is 24.3 Å². The molecule has 0 saturated carbocycles. The van der Waals surface area contributed by atoms with E-state index in [0.29, 0.717) is 5.56 Å². The lowest BCUT2D eigenvalue weighted by atomic mass is 10.2. The van der Waals surface area contributed by atoms with E-state index < -0.39 is 23.9 Å². The maximum atomic E-state index is 11.8. The number of thiophene rings is 1. The Bertz CT molecular complexity index is 726. The predicted molar refractivity (Wildman–Crippen MR) is 91.0 cm³/mol. The van der Waals surface area contributed by atoms with Crippen LogP contribution in [0.1, 0.15) is 22.2 Å². The molecule has 6 nitrogen and oxygen atoms in total. The van der Waals surface area contributed by atoms with Crippen LogP contribution in [0.2, 0.25) is 0 Å². The fraction of sp³-hybridized carbons (Fsp3) is 0.118. The van der Waals surface area contributed by atoms with Gasteiger partial charge in [-0.15, -0.1) is 11.3 Å². The van der Waals surface area contributed by atoms with Crippen LogP contribution < -0.4 is 10.9 Å². The number of amides is 2. The Morgan fingerprint density at radius 2 is 1.83 bits per heavy atom. The molecule has 0 radical (unpaired) electrons. The second kappa shape index (κ2) is 8.64. The minimum atomic E-state index is -1.04. The number of carbonyl (C=O) groups is 3. The molecule has 24 heavy (non-hydrogen) atoms. The van der Waals surface area contributed by atoms with E-state index in [4.69, 9.17) is 4.74 Å². The molecule has 1 aromatic heterocycles. The SMILES string of the molecule is C[C@@H](OC(=O)/C=C/c1cccs1)C(=O)NNC(=O)c1ccccc1. The first-order chi connectivity index (χ1) is 11.6. The van der Waals surface area contributed by atoms with Crippen molar-refractivity contribution >= 4 is 35.2 Å². The first kappa shape index (κ1) is 17.4. The zero-order valence-corrected chi connectivity index (χ0v) is 13.7. The fourth-order valence-corrected chi connectivity index (χ4v) is 2.30. The van der Waals surface area contributed by atoms with Crippen LogP contribution in [0.3, 0.4) is 0 Å². The van der Waals surface area contributed by atoms with E-state index in [1.54, 1.807) is 36.4 Å². The Hall–Kier alpha value is -2.93. The molecule has 2 N–H and O–H groups in total. The molecule has 1 atom stereocenters. The van der Waals surface area contributed by atoms with Crippen molar-refractivity contribution in [3.8, 4) is 0 Å². The lowest BCUT2D eigenvalue weighted by molar-refractivity contribution is -0.150. The number of hydrogen-bond acceptors (Lipinski definition) is 5. The van der Waals surface area contributed by atoms with Crippen LogP contribution in [-0.4, -0.2) is 23.9 Å². The number of carbonyl (C=O) groups excluding carboxylic acids is 3. The van der Waals surface area contributed by atoms with Crippen molar-refractivity contribution in [3.63, 3.8) is 0 Å². The summed E-state index contributed by atoms with van der Waals surface area (Å²) in [7, 11) is 0. The molecule has 2 rings (SSSR count). The van der Waals surface area contributed by atoms with Crippen LogP contribution in [-0.2, 0) is 14.3 Å². The average Bonchev–Trinajstić information content (AvgIpc) is 3.11. The third-order valence-electron chi connectivity index (χ3n) is 2.92. The van der Waals surface area contributed by atoms with Gasteiger partial charge < -0.3 is 4.74 Å². The predicted octanol–water partition coefficient (Wildman–Crippen LogP) is 2.15. The smallest absolute Gasteiger partial charge is 0.331 e. The molecule has 7 heteroatoms. The number of hydrogen-bond donors (Lipinski definition) is 2. The molecular weight excluding hydrogens is 328 g/mol. The Morgan fingerprint density at radius 1 is 1.08 bits per heavy atom. The summed E-state index contributed by atoms with van der Waals surface area (Å²) in [4.78, 5) is 36.1. The largest absolute Gasteiger partial charge is 0.449 e. The fourth-order valence-electron chi connectivity index (χ4n) is 1.68. The Labute approximate surface area is 143 Å². The first-order valence-corrected chi connectivity index (χ1v) is 8.01. The molecule has 1 aromatic carbocycles. The third kappa shape index (κ3) is 5.36. The molecular formula is C17H16N2O4S. The highest BCUT2D eigenvalue weighted by atomic mass is 32.1. The molecule has 0 saturated heterocycles. The van der Waals surface area contributed by atoms with Gasteiger partial charge in [-0.1, -0.05) is 24.3 Å². The number of ether oxygens (including phenoxy) is 1. The Kier molecular flexibility index (Phi) is 6.27.